The number of hydrogen-bond acceptors (Lipinski definition) is 4. The lowest BCUT2D eigenvalue weighted by atomic mass is 9.99. The summed E-state index contributed by atoms with van der Waals surface area (Å²) in [6.07, 6.45) is 4.47. The van der Waals surface area contributed by atoms with E-state index >= 15 is 0 Å². The van der Waals surface area contributed by atoms with Gasteiger partial charge < -0.3 is 14.6 Å². The molecule has 1 unspecified atom stereocenters. The Labute approximate surface area is 196 Å². The number of fused-ring (bicyclic) bond motifs is 2. The third kappa shape index (κ3) is 3.25. The molecule has 34 heavy (non-hydrogen) atoms. The fraction of sp³-hybridized carbons (Fsp3) is 0.148. The summed E-state index contributed by atoms with van der Waals surface area (Å²) in [6.45, 7) is 0.543. The minimum atomic E-state index is -0.308. The molecular weight excluding hydrogens is 426 g/mol. The topological polar surface area (TPSA) is 86.9 Å². The van der Waals surface area contributed by atoms with Gasteiger partial charge in [-0.1, -0.05) is 36.4 Å². The molecule has 2 aromatic carbocycles. The zero-order chi connectivity index (χ0) is 23.1. The van der Waals surface area contributed by atoms with Gasteiger partial charge in [-0.25, -0.2) is 0 Å². The van der Waals surface area contributed by atoms with Gasteiger partial charge in [-0.3, -0.25) is 14.9 Å². The number of hydrogen-bond donors (Lipinski definition) is 2. The quantitative estimate of drug-likeness (QED) is 0.392. The Morgan fingerprint density at radius 3 is 2.71 bits per heavy atom. The van der Waals surface area contributed by atoms with Gasteiger partial charge >= 0.3 is 0 Å². The Morgan fingerprint density at radius 1 is 1.06 bits per heavy atom. The summed E-state index contributed by atoms with van der Waals surface area (Å²) in [5.74, 6) is 0.753. The van der Waals surface area contributed by atoms with Gasteiger partial charge in [0.25, 0.3) is 5.91 Å². The molecule has 3 aromatic heterocycles. The lowest BCUT2D eigenvalue weighted by Gasteiger charge is -2.25. The van der Waals surface area contributed by atoms with Crippen molar-refractivity contribution in [2.45, 2.75) is 12.5 Å². The minimum Gasteiger partial charge on any atom is -0.497 e. The van der Waals surface area contributed by atoms with Crippen molar-refractivity contribution in [1.82, 2.24) is 25.1 Å². The smallest absolute Gasteiger partial charge is 0.273 e. The van der Waals surface area contributed by atoms with E-state index in [4.69, 9.17) is 4.74 Å². The van der Waals surface area contributed by atoms with Crippen LogP contribution in [0.1, 0.15) is 33.4 Å². The normalized spacial score (nSPS) is 15.1. The van der Waals surface area contributed by atoms with E-state index in [2.05, 4.69) is 20.2 Å². The second-order valence-corrected chi connectivity index (χ2v) is 8.36. The fourth-order valence-corrected chi connectivity index (χ4v) is 4.82. The monoisotopic (exact) mass is 449 g/mol. The van der Waals surface area contributed by atoms with Gasteiger partial charge in [-0.05, 0) is 42.3 Å². The number of nitrogens with one attached hydrogen (secondary N) is 2. The Kier molecular flexibility index (Phi) is 4.87. The van der Waals surface area contributed by atoms with Crippen molar-refractivity contribution in [1.29, 1.82) is 0 Å². The number of aromatic amines is 2. The van der Waals surface area contributed by atoms with E-state index in [-0.39, 0.29) is 11.9 Å². The highest BCUT2D eigenvalue weighted by Crippen LogP contribution is 2.42. The molecule has 7 heteroatoms. The van der Waals surface area contributed by atoms with Crippen molar-refractivity contribution >= 4 is 16.8 Å². The lowest BCUT2D eigenvalue weighted by Crippen LogP contribution is -2.32. The molecule has 0 fully saturated rings. The maximum Gasteiger partial charge on any atom is 0.273 e. The molecule has 0 radical (unpaired) electrons. The van der Waals surface area contributed by atoms with Gasteiger partial charge in [0.1, 0.15) is 17.5 Å². The van der Waals surface area contributed by atoms with Crippen LogP contribution in [0.5, 0.6) is 5.75 Å². The van der Waals surface area contributed by atoms with Crippen LogP contribution < -0.4 is 4.74 Å². The van der Waals surface area contributed by atoms with Crippen molar-refractivity contribution in [2.75, 3.05) is 13.7 Å². The number of benzene rings is 2. The average Bonchev–Trinajstić information content (AvgIpc) is 3.57. The first-order chi connectivity index (χ1) is 16.7. The zero-order valence-corrected chi connectivity index (χ0v) is 18.7. The number of amides is 1. The second kappa shape index (κ2) is 8.19. The van der Waals surface area contributed by atoms with Crippen LogP contribution in [0.4, 0.5) is 0 Å². The highest BCUT2D eigenvalue weighted by molar-refractivity contribution is 6.00. The van der Waals surface area contributed by atoms with Crippen LogP contribution in [-0.2, 0) is 6.42 Å². The van der Waals surface area contributed by atoms with Crippen LogP contribution in [0.2, 0.25) is 0 Å². The number of methoxy groups -OCH3 is 1. The summed E-state index contributed by atoms with van der Waals surface area (Å²) < 4.78 is 5.41. The van der Waals surface area contributed by atoms with Crippen LogP contribution in [0.15, 0.2) is 79.1 Å². The summed E-state index contributed by atoms with van der Waals surface area (Å²) in [6, 6.07) is 21.4. The van der Waals surface area contributed by atoms with Crippen molar-refractivity contribution in [3.63, 3.8) is 0 Å². The number of rotatable bonds is 6. The van der Waals surface area contributed by atoms with Gasteiger partial charge in [-0.15, -0.1) is 0 Å². The number of ether oxygens (including phenoxy) is 1. The van der Waals surface area contributed by atoms with Crippen molar-refractivity contribution in [3.05, 3.63) is 102 Å². The number of H-pyrrole nitrogens is 2. The summed E-state index contributed by atoms with van der Waals surface area (Å²) >= 11 is 0. The summed E-state index contributed by atoms with van der Waals surface area (Å²) in [5, 5.41) is 8.63. The molecule has 1 amide bonds. The van der Waals surface area contributed by atoms with Gasteiger partial charge in [0.05, 0.1) is 18.5 Å². The summed E-state index contributed by atoms with van der Waals surface area (Å²) in [4.78, 5) is 23.4. The Morgan fingerprint density at radius 2 is 1.91 bits per heavy atom. The molecule has 2 N–H and O–H groups in total. The Hall–Kier alpha value is -4.39. The zero-order valence-electron chi connectivity index (χ0n) is 18.7. The van der Waals surface area contributed by atoms with Gasteiger partial charge in [0, 0.05) is 41.0 Å². The highest BCUT2D eigenvalue weighted by atomic mass is 16.5. The molecule has 0 saturated carbocycles. The highest BCUT2D eigenvalue weighted by Gasteiger charge is 2.42. The van der Waals surface area contributed by atoms with E-state index in [1.807, 2.05) is 77.8 Å². The predicted octanol–water partition coefficient (Wildman–Crippen LogP) is 4.75. The third-order valence-electron chi connectivity index (χ3n) is 6.48. The summed E-state index contributed by atoms with van der Waals surface area (Å²) in [7, 11) is 1.67. The predicted molar refractivity (Wildman–Crippen MR) is 130 cm³/mol. The number of carbonyl (C=O) groups excluding carboxylic acids is 1. The van der Waals surface area contributed by atoms with Crippen LogP contribution >= 0.6 is 0 Å². The van der Waals surface area contributed by atoms with Crippen LogP contribution in [-0.4, -0.2) is 44.6 Å². The van der Waals surface area contributed by atoms with Crippen LogP contribution in [0.3, 0.4) is 0 Å². The molecule has 1 aliphatic rings. The second-order valence-electron chi connectivity index (χ2n) is 8.36. The number of aromatic nitrogens is 4. The van der Waals surface area contributed by atoms with Gasteiger partial charge in [0.2, 0.25) is 0 Å². The molecule has 4 heterocycles. The first-order valence-electron chi connectivity index (χ1n) is 11.2. The maximum absolute atomic E-state index is 13.5. The summed E-state index contributed by atoms with van der Waals surface area (Å²) in [5.41, 5.74) is 6.20. The molecule has 168 valence electrons. The molecule has 7 nitrogen and oxygen atoms in total. The van der Waals surface area contributed by atoms with Gasteiger partial charge in [-0.2, -0.15) is 5.10 Å². The van der Waals surface area contributed by atoms with Crippen molar-refractivity contribution in [3.8, 4) is 17.0 Å². The first-order valence-corrected chi connectivity index (χ1v) is 11.2. The third-order valence-corrected chi connectivity index (χ3v) is 6.48. The molecule has 0 bridgehead atoms. The molecule has 0 spiro atoms. The fourth-order valence-electron chi connectivity index (χ4n) is 4.82. The molecule has 5 aromatic rings. The van der Waals surface area contributed by atoms with Gasteiger partial charge in [0.15, 0.2) is 0 Å². The van der Waals surface area contributed by atoms with E-state index in [9.17, 15) is 4.79 Å². The SMILES string of the molecule is COc1ccc2[nH]cc(CCN3C(=O)c4[nH]nc(-c5ccccc5)c4C3c3ccccn3)c2c1. The maximum atomic E-state index is 13.5. The largest absolute Gasteiger partial charge is 0.497 e. The number of carbonyl (C=O) groups is 1. The van der Waals surface area contributed by atoms with Crippen molar-refractivity contribution < 1.29 is 9.53 Å². The average molecular weight is 450 g/mol. The molecule has 0 saturated heterocycles. The molecule has 6 rings (SSSR count). The molecule has 1 aliphatic heterocycles. The number of nitrogens with zero attached hydrogens (tertiary/aromatic N) is 3. The van der Waals surface area contributed by atoms with E-state index < -0.39 is 0 Å². The Balaban J connectivity index is 1.38. The molecule has 1 atom stereocenters. The number of pyridine rings is 1. The molecular formula is C27H23N5O2. The minimum absolute atomic E-state index is 0.0576. The van der Waals surface area contributed by atoms with E-state index in [0.29, 0.717) is 18.7 Å². The lowest BCUT2D eigenvalue weighted by molar-refractivity contribution is 0.0743. The molecule has 0 aliphatic carbocycles. The van der Waals surface area contributed by atoms with E-state index in [0.717, 1.165) is 44.7 Å². The van der Waals surface area contributed by atoms with Crippen LogP contribution in [0.25, 0.3) is 22.2 Å². The van der Waals surface area contributed by atoms with Crippen molar-refractivity contribution in [2.24, 2.45) is 0 Å². The van der Waals surface area contributed by atoms with Crippen LogP contribution in [0, 0.1) is 0 Å². The van der Waals surface area contributed by atoms with E-state index in [1.54, 1.807) is 13.3 Å². The first kappa shape index (κ1) is 20.2. The van der Waals surface area contributed by atoms with E-state index in [1.165, 1.54) is 0 Å². The Bertz CT molecular complexity index is 1470. The standard InChI is InChI=1S/C27H23N5O2/c1-34-19-10-11-21-20(15-19)18(16-29-21)12-14-32-26(22-9-5-6-13-28-22)23-24(17-7-3-2-4-8-17)30-31-25(23)27(32)33/h2-11,13,15-16,26,29H,12,14H2,1H3,(H,30,31).